The van der Waals surface area contributed by atoms with Crippen molar-refractivity contribution >= 4 is 5.91 Å². The SMILES string of the molecule is Cc1ccc(C2(C(=O)NCCc3cccc(C)c3)CCCCC2)cc1. The van der Waals surface area contributed by atoms with Crippen molar-refractivity contribution in [2.24, 2.45) is 0 Å². The third-order valence-electron chi connectivity index (χ3n) is 5.53. The molecule has 0 aliphatic heterocycles. The van der Waals surface area contributed by atoms with Gasteiger partial charge in [-0.1, -0.05) is 78.9 Å². The summed E-state index contributed by atoms with van der Waals surface area (Å²) in [5.74, 6) is 0.212. The van der Waals surface area contributed by atoms with Crippen molar-refractivity contribution in [1.82, 2.24) is 5.32 Å². The fourth-order valence-corrected chi connectivity index (χ4v) is 4.03. The Morgan fingerprint density at radius 3 is 2.36 bits per heavy atom. The molecule has 0 saturated heterocycles. The molecule has 1 amide bonds. The van der Waals surface area contributed by atoms with Crippen LogP contribution in [0.4, 0.5) is 0 Å². The summed E-state index contributed by atoms with van der Waals surface area (Å²) in [5, 5.41) is 3.24. The molecule has 25 heavy (non-hydrogen) atoms. The number of aryl methyl sites for hydroxylation is 2. The first-order chi connectivity index (χ1) is 12.1. The standard InChI is InChI=1S/C23H29NO/c1-18-9-11-21(12-10-18)23(14-4-3-5-15-23)22(25)24-16-13-20-8-6-7-19(2)17-20/h6-12,17H,3-5,13-16H2,1-2H3,(H,24,25). The van der Waals surface area contributed by atoms with Gasteiger partial charge in [0.2, 0.25) is 5.91 Å². The summed E-state index contributed by atoms with van der Waals surface area (Å²) >= 11 is 0. The van der Waals surface area contributed by atoms with Crippen LogP contribution in [0.25, 0.3) is 0 Å². The van der Waals surface area contributed by atoms with E-state index in [9.17, 15) is 4.79 Å². The highest BCUT2D eigenvalue weighted by Crippen LogP contribution is 2.39. The van der Waals surface area contributed by atoms with E-state index in [0.717, 1.165) is 32.1 Å². The molecule has 132 valence electrons. The first-order valence-corrected chi connectivity index (χ1v) is 9.51. The molecule has 0 heterocycles. The molecule has 1 saturated carbocycles. The average Bonchev–Trinajstić information content (AvgIpc) is 2.63. The Labute approximate surface area is 151 Å². The molecule has 1 aliphatic carbocycles. The normalized spacial score (nSPS) is 16.4. The molecule has 0 aromatic heterocycles. The number of hydrogen-bond donors (Lipinski definition) is 1. The van der Waals surface area contributed by atoms with Crippen LogP contribution < -0.4 is 5.32 Å². The lowest BCUT2D eigenvalue weighted by Gasteiger charge is -2.36. The van der Waals surface area contributed by atoms with E-state index in [4.69, 9.17) is 0 Å². The van der Waals surface area contributed by atoms with E-state index in [1.807, 2.05) is 0 Å². The van der Waals surface area contributed by atoms with Gasteiger partial charge in [0.1, 0.15) is 0 Å². The van der Waals surface area contributed by atoms with Gasteiger partial charge in [-0.3, -0.25) is 4.79 Å². The molecule has 2 heteroatoms. The molecule has 0 radical (unpaired) electrons. The summed E-state index contributed by atoms with van der Waals surface area (Å²) in [4.78, 5) is 13.2. The number of hydrogen-bond acceptors (Lipinski definition) is 1. The van der Waals surface area contributed by atoms with Crippen LogP contribution >= 0.6 is 0 Å². The van der Waals surface area contributed by atoms with Crippen molar-refractivity contribution in [3.05, 3.63) is 70.8 Å². The molecule has 0 bridgehead atoms. The fourth-order valence-electron chi connectivity index (χ4n) is 4.03. The largest absolute Gasteiger partial charge is 0.355 e. The number of amides is 1. The maximum absolute atomic E-state index is 13.2. The van der Waals surface area contributed by atoms with Gasteiger partial charge in [-0.15, -0.1) is 0 Å². The number of benzene rings is 2. The molecule has 3 rings (SSSR count). The topological polar surface area (TPSA) is 29.1 Å². The van der Waals surface area contributed by atoms with E-state index >= 15 is 0 Å². The highest BCUT2D eigenvalue weighted by atomic mass is 16.2. The summed E-state index contributed by atoms with van der Waals surface area (Å²) < 4.78 is 0. The number of nitrogens with one attached hydrogen (secondary N) is 1. The van der Waals surface area contributed by atoms with Crippen LogP contribution in [-0.4, -0.2) is 12.5 Å². The van der Waals surface area contributed by atoms with Gasteiger partial charge >= 0.3 is 0 Å². The van der Waals surface area contributed by atoms with Crippen molar-refractivity contribution in [2.45, 2.75) is 57.8 Å². The number of carbonyl (C=O) groups is 1. The van der Waals surface area contributed by atoms with Gasteiger partial charge < -0.3 is 5.32 Å². The van der Waals surface area contributed by atoms with Gasteiger partial charge in [-0.25, -0.2) is 0 Å². The molecular formula is C23H29NO. The van der Waals surface area contributed by atoms with Crippen molar-refractivity contribution in [2.75, 3.05) is 6.54 Å². The summed E-state index contributed by atoms with van der Waals surface area (Å²) in [6, 6.07) is 17.1. The Kier molecular flexibility index (Phi) is 5.57. The minimum Gasteiger partial charge on any atom is -0.355 e. The zero-order chi connectivity index (χ0) is 17.7. The molecule has 0 unspecified atom stereocenters. The predicted octanol–water partition coefficient (Wildman–Crippen LogP) is 4.86. The molecule has 1 aliphatic rings. The summed E-state index contributed by atoms with van der Waals surface area (Å²) in [6.07, 6.45) is 6.33. The minimum atomic E-state index is -0.335. The van der Waals surface area contributed by atoms with Gasteiger partial charge in [0.05, 0.1) is 5.41 Å². The summed E-state index contributed by atoms with van der Waals surface area (Å²) in [7, 11) is 0. The monoisotopic (exact) mass is 335 g/mol. The molecule has 2 aromatic carbocycles. The van der Waals surface area contributed by atoms with Gasteiger partial charge in [-0.2, -0.15) is 0 Å². The predicted molar refractivity (Wildman–Crippen MR) is 104 cm³/mol. The Balaban J connectivity index is 1.70. The van der Waals surface area contributed by atoms with E-state index in [-0.39, 0.29) is 11.3 Å². The summed E-state index contributed by atoms with van der Waals surface area (Å²) in [5.41, 5.74) is 4.65. The van der Waals surface area contributed by atoms with Crippen LogP contribution in [-0.2, 0) is 16.6 Å². The second kappa shape index (κ2) is 7.86. The smallest absolute Gasteiger partial charge is 0.230 e. The Morgan fingerprint density at radius 2 is 1.68 bits per heavy atom. The van der Waals surface area contributed by atoms with E-state index in [1.165, 1.54) is 28.7 Å². The van der Waals surface area contributed by atoms with Crippen LogP contribution in [0, 0.1) is 13.8 Å². The minimum absolute atomic E-state index is 0.212. The van der Waals surface area contributed by atoms with Crippen molar-refractivity contribution in [1.29, 1.82) is 0 Å². The van der Waals surface area contributed by atoms with Crippen LogP contribution in [0.15, 0.2) is 48.5 Å². The number of rotatable bonds is 5. The first kappa shape index (κ1) is 17.7. The van der Waals surface area contributed by atoms with Crippen LogP contribution in [0.3, 0.4) is 0 Å². The Bertz CT molecular complexity index is 711. The lowest BCUT2D eigenvalue weighted by molar-refractivity contribution is -0.128. The lowest BCUT2D eigenvalue weighted by Crippen LogP contribution is -2.46. The van der Waals surface area contributed by atoms with Crippen molar-refractivity contribution in [3.8, 4) is 0 Å². The quantitative estimate of drug-likeness (QED) is 0.830. The van der Waals surface area contributed by atoms with E-state index in [2.05, 4.69) is 67.7 Å². The molecule has 2 nitrogen and oxygen atoms in total. The number of carbonyl (C=O) groups excluding carboxylic acids is 1. The maximum Gasteiger partial charge on any atom is 0.230 e. The van der Waals surface area contributed by atoms with Gasteiger partial charge in [0, 0.05) is 6.54 Å². The first-order valence-electron chi connectivity index (χ1n) is 9.51. The van der Waals surface area contributed by atoms with Crippen molar-refractivity contribution in [3.63, 3.8) is 0 Å². The van der Waals surface area contributed by atoms with Gasteiger partial charge in [-0.05, 0) is 44.2 Å². The maximum atomic E-state index is 13.2. The second-order valence-electron chi connectivity index (χ2n) is 7.50. The fraction of sp³-hybridized carbons (Fsp3) is 0.435. The van der Waals surface area contributed by atoms with E-state index < -0.39 is 0 Å². The molecular weight excluding hydrogens is 306 g/mol. The zero-order valence-corrected chi connectivity index (χ0v) is 15.5. The zero-order valence-electron chi connectivity index (χ0n) is 15.5. The van der Waals surface area contributed by atoms with Crippen molar-refractivity contribution < 1.29 is 4.79 Å². The second-order valence-corrected chi connectivity index (χ2v) is 7.50. The molecule has 0 atom stereocenters. The third-order valence-corrected chi connectivity index (χ3v) is 5.53. The highest BCUT2D eigenvalue weighted by Gasteiger charge is 2.40. The average molecular weight is 335 g/mol. The Morgan fingerprint density at radius 1 is 0.960 bits per heavy atom. The summed E-state index contributed by atoms with van der Waals surface area (Å²) in [6.45, 7) is 4.91. The van der Waals surface area contributed by atoms with E-state index in [1.54, 1.807) is 0 Å². The molecule has 1 fully saturated rings. The Hall–Kier alpha value is -2.09. The highest BCUT2D eigenvalue weighted by molar-refractivity contribution is 5.88. The van der Waals surface area contributed by atoms with Gasteiger partial charge in [0.15, 0.2) is 0 Å². The van der Waals surface area contributed by atoms with Crippen LogP contribution in [0.2, 0.25) is 0 Å². The molecule has 0 spiro atoms. The molecule has 1 N–H and O–H groups in total. The van der Waals surface area contributed by atoms with Gasteiger partial charge in [0.25, 0.3) is 0 Å². The van der Waals surface area contributed by atoms with Crippen LogP contribution in [0.5, 0.6) is 0 Å². The third kappa shape index (κ3) is 4.12. The van der Waals surface area contributed by atoms with E-state index in [0.29, 0.717) is 6.54 Å². The molecule has 2 aromatic rings. The lowest BCUT2D eigenvalue weighted by atomic mass is 9.68. The van der Waals surface area contributed by atoms with Crippen LogP contribution in [0.1, 0.15) is 54.4 Å².